The number of furan rings is 1. The Kier molecular flexibility index (Phi) is 6.21. The fourth-order valence-electron chi connectivity index (χ4n) is 2.15. The lowest BCUT2D eigenvalue weighted by Gasteiger charge is -2.23. The van der Waals surface area contributed by atoms with E-state index >= 15 is 0 Å². The Morgan fingerprint density at radius 2 is 2.19 bits per heavy atom. The molecule has 2 rings (SSSR count). The second-order valence-corrected chi connectivity index (χ2v) is 6.58. The number of rotatable bonds is 4. The number of aryl methyl sites for hydroxylation is 1. The predicted molar refractivity (Wildman–Crippen MR) is 80.3 cm³/mol. The van der Waals surface area contributed by atoms with Gasteiger partial charge < -0.3 is 15.1 Å². The molecular formula is C12H20ClN3O4S. The Morgan fingerprint density at radius 3 is 2.76 bits per heavy atom. The summed E-state index contributed by atoms with van der Waals surface area (Å²) in [6, 6.07) is 1.32. The van der Waals surface area contributed by atoms with Gasteiger partial charge in [0, 0.05) is 18.7 Å². The topological polar surface area (TPSA) is 100 Å². The van der Waals surface area contributed by atoms with Crippen molar-refractivity contribution in [1.82, 2.24) is 15.4 Å². The summed E-state index contributed by atoms with van der Waals surface area (Å²) in [6.07, 6.45) is 1.92. The number of hydrogen-bond donors (Lipinski definition) is 3. The Balaban J connectivity index is 0.00000220. The average molecular weight is 338 g/mol. The molecule has 120 valence electrons. The molecular weight excluding hydrogens is 318 g/mol. The Morgan fingerprint density at radius 1 is 1.48 bits per heavy atom. The van der Waals surface area contributed by atoms with Gasteiger partial charge in [-0.1, -0.05) is 0 Å². The zero-order valence-electron chi connectivity index (χ0n) is 11.9. The molecule has 1 aromatic heterocycles. The third kappa shape index (κ3) is 4.19. The predicted octanol–water partition coefficient (Wildman–Crippen LogP) is 0.400. The molecule has 3 N–H and O–H groups in total. The van der Waals surface area contributed by atoms with Crippen molar-refractivity contribution in [3.8, 4) is 0 Å². The molecule has 0 bridgehead atoms. The maximum Gasteiger partial charge on any atom is 0.273 e. The fraction of sp³-hybridized carbons (Fsp3) is 0.583. The largest absolute Gasteiger partial charge is 0.448 e. The average Bonchev–Trinajstić information content (AvgIpc) is 2.83. The van der Waals surface area contributed by atoms with E-state index in [0.29, 0.717) is 5.76 Å². The van der Waals surface area contributed by atoms with Crippen LogP contribution in [0.2, 0.25) is 0 Å². The number of hydrogen-bond acceptors (Lipinski definition) is 5. The first kappa shape index (κ1) is 18.0. The van der Waals surface area contributed by atoms with Gasteiger partial charge in [0.05, 0.1) is 5.56 Å². The summed E-state index contributed by atoms with van der Waals surface area (Å²) in [4.78, 5) is 12.1. The first-order valence-corrected chi connectivity index (χ1v) is 7.98. The summed E-state index contributed by atoms with van der Waals surface area (Å²) < 4.78 is 30.6. The zero-order chi connectivity index (χ0) is 14.8. The monoisotopic (exact) mass is 337 g/mol. The van der Waals surface area contributed by atoms with E-state index in [4.69, 9.17) is 4.42 Å². The van der Waals surface area contributed by atoms with Crippen molar-refractivity contribution < 1.29 is 17.6 Å². The second kappa shape index (κ2) is 7.26. The van der Waals surface area contributed by atoms with Crippen LogP contribution in [0.3, 0.4) is 0 Å². The van der Waals surface area contributed by atoms with Crippen LogP contribution in [0.4, 0.5) is 0 Å². The van der Waals surface area contributed by atoms with Gasteiger partial charge in [-0.3, -0.25) is 4.79 Å². The summed E-state index contributed by atoms with van der Waals surface area (Å²) in [7, 11) is -2.38. The molecule has 1 aliphatic heterocycles. The third-order valence-electron chi connectivity index (χ3n) is 3.31. The summed E-state index contributed by atoms with van der Waals surface area (Å²) in [6.45, 7) is 3.26. The molecule has 0 aromatic carbocycles. The first-order valence-electron chi connectivity index (χ1n) is 6.49. The standard InChI is InChI=1S/C12H19N3O4S.ClH/c1-8-10(6-11(19-8)20(17,18)13-2)12(16)15-9-4-3-5-14-7-9;/h6,9,13-14H,3-5,7H2,1-2H3,(H,15,16);1H. The van der Waals surface area contributed by atoms with Crippen molar-refractivity contribution in [2.24, 2.45) is 0 Å². The molecule has 1 unspecified atom stereocenters. The highest BCUT2D eigenvalue weighted by Gasteiger charge is 2.24. The van der Waals surface area contributed by atoms with Crippen LogP contribution in [-0.2, 0) is 10.0 Å². The van der Waals surface area contributed by atoms with E-state index in [0.717, 1.165) is 25.9 Å². The molecule has 1 amide bonds. The summed E-state index contributed by atoms with van der Waals surface area (Å²) >= 11 is 0. The van der Waals surface area contributed by atoms with Gasteiger partial charge >= 0.3 is 0 Å². The van der Waals surface area contributed by atoms with Crippen molar-refractivity contribution in [1.29, 1.82) is 0 Å². The molecule has 21 heavy (non-hydrogen) atoms. The lowest BCUT2D eigenvalue weighted by molar-refractivity contribution is 0.0929. The van der Waals surface area contributed by atoms with Gasteiger partial charge in [0.25, 0.3) is 15.9 Å². The van der Waals surface area contributed by atoms with Crippen LogP contribution < -0.4 is 15.4 Å². The van der Waals surface area contributed by atoms with Crippen molar-refractivity contribution in [2.45, 2.75) is 30.9 Å². The fourth-order valence-corrected chi connectivity index (χ4v) is 2.86. The Labute approximate surface area is 130 Å². The molecule has 2 heterocycles. The first-order chi connectivity index (χ1) is 9.44. The highest BCUT2D eigenvalue weighted by atomic mass is 35.5. The van der Waals surface area contributed by atoms with Crippen molar-refractivity contribution in [3.63, 3.8) is 0 Å². The van der Waals surface area contributed by atoms with Crippen LogP contribution in [0.25, 0.3) is 0 Å². The Bertz CT molecular complexity index is 594. The molecule has 7 nitrogen and oxygen atoms in total. The van der Waals surface area contributed by atoms with E-state index in [1.165, 1.54) is 13.1 Å². The van der Waals surface area contributed by atoms with Gasteiger partial charge in [-0.2, -0.15) is 0 Å². The number of carbonyl (C=O) groups is 1. The molecule has 0 saturated carbocycles. The van der Waals surface area contributed by atoms with Crippen LogP contribution in [0.5, 0.6) is 0 Å². The molecule has 9 heteroatoms. The minimum atomic E-state index is -3.68. The number of sulfonamides is 1. The summed E-state index contributed by atoms with van der Waals surface area (Å²) in [5.74, 6) is -0.0161. The molecule has 1 fully saturated rings. The normalized spacial score (nSPS) is 18.9. The molecule has 0 aliphatic carbocycles. The third-order valence-corrected chi connectivity index (χ3v) is 4.57. The molecule has 0 spiro atoms. The van der Waals surface area contributed by atoms with E-state index in [2.05, 4.69) is 15.4 Å². The van der Waals surface area contributed by atoms with Gasteiger partial charge in [0.1, 0.15) is 5.76 Å². The number of nitrogens with one attached hydrogen (secondary N) is 3. The van der Waals surface area contributed by atoms with Crippen molar-refractivity contribution in [3.05, 3.63) is 17.4 Å². The van der Waals surface area contributed by atoms with Crippen LogP contribution in [0.15, 0.2) is 15.6 Å². The molecule has 1 aromatic rings. The Hall–Kier alpha value is -1.09. The maximum absolute atomic E-state index is 12.1. The van der Waals surface area contributed by atoms with Gasteiger partial charge in [-0.25, -0.2) is 13.1 Å². The van der Waals surface area contributed by atoms with Crippen LogP contribution in [-0.4, -0.2) is 40.5 Å². The molecule has 1 atom stereocenters. The molecule has 1 aliphatic rings. The lowest BCUT2D eigenvalue weighted by atomic mass is 10.1. The summed E-state index contributed by atoms with van der Waals surface area (Å²) in [5.41, 5.74) is 0.254. The van der Waals surface area contributed by atoms with Gasteiger partial charge in [0.15, 0.2) is 0 Å². The maximum atomic E-state index is 12.1. The number of piperidine rings is 1. The lowest BCUT2D eigenvalue weighted by Crippen LogP contribution is -2.45. The van der Waals surface area contributed by atoms with Crippen LogP contribution >= 0.6 is 12.4 Å². The van der Waals surface area contributed by atoms with Crippen molar-refractivity contribution >= 4 is 28.3 Å². The highest BCUT2D eigenvalue weighted by molar-refractivity contribution is 7.89. The zero-order valence-corrected chi connectivity index (χ0v) is 13.6. The smallest absolute Gasteiger partial charge is 0.273 e. The van der Waals surface area contributed by atoms with E-state index in [1.54, 1.807) is 6.92 Å². The minimum Gasteiger partial charge on any atom is -0.448 e. The summed E-state index contributed by atoms with van der Waals surface area (Å²) in [5, 5.41) is 5.84. The number of amides is 1. The van der Waals surface area contributed by atoms with Gasteiger partial charge in [-0.15, -0.1) is 12.4 Å². The van der Waals surface area contributed by atoms with Crippen molar-refractivity contribution in [2.75, 3.05) is 20.1 Å². The van der Waals surface area contributed by atoms with Crippen LogP contribution in [0.1, 0.15) is 29.0 Å². The van der Waals surface area contributed by atoms with Crippen LogP contribution in [0, 0.1) is 6.92 Å². The SMILES string of the molecule is CNS(=O)(=O)c1cc(C(=O)NC2CCCNC2)c(C)o1.Cl. The number of halogens is 1. The minimum absolute atomic E-state index is 0. The quantitative estimate of drug-likeness (QED) is 0.738. The van der Waals surface area contributed by atoms with Gasteiger partial charge in [0.2, 0.25) is 5.09 Å². The second-order valence-electron chi connectivity index (χ2n) is 4.76. The van der Waals surface area contributed by atoms with E-state index in [1.807, 2.05) is 0 Å². The number of carbonyl (C=O) groups excluding carboxylic acids is 1. The van der Waals surface area contributed by atoms with E-state index in [-0.39, 0.29) is 35.0 Å². The molecule has 1 saturated heterocycles. The molecule has 0 radical (unpaired) electrons. The highest BCUT2D eigenvalue weighted by Crippen LogP contribution is 2.19. The van der Waals surface area contributed by atoms with E-state index < -0.39 is 10.0 Å². The van der Waals surface area contributed by atoms with E-state index in [9.17, 15) is 13.2 Å². The van der Waals surface area contributed by atoms with Gasteiger partial charge in [-0.05, 0) is 33.4 Å².